The number of nitriles is 1. The highest BCUT2D eigenvalue weighted by molar-refractivity contribution is 5.74. The van der Waals surface area contributed by atoms with Crippen molar-refractivity contribution in [2.75, 3.05) is 5.01 Å². The number of nitrogens with zero attached hydrogens (tertiary/aromatic N) is 7. The Labute approximate surface area is 165 Å². The van der Waals surface area contributed by atoms with Gasteiger partial charge in [0.25, 0.3) is 5.70 Å². The lowest BCUT2D eigenvalue weighted by Gasteiger charge is -2.19. The van der Waals surface area contributed by atoms with Crippen LogP contribution in [-0.2, 0) is 0 Å². The summed E-state index contributed by atoms with van der Waals surface area (Å²) >= 11 is 0. The number of hydroxylamine groups is 1. The van der Waals surface area contributed by atoms with E-state index in [1.807, 2.05) is 48.3 Å². The number of para-hydroxylation sites is 2. The van der Waals surface area contributed by atoms with Gasteiger partial charge in [-0.2, -0.15) is 10.4 Å². The Hall–Kier alpha value is -4.67. The number of rotatable bonds is 4. The minimum absolute atomic E-state index is 0.0210. The molecule has 3 aromatic rings. The lowest BCUT2D eigenvalue weighted by atomic mass is 10.3. The van der Waals surface area contributed by atoms with Crippen molar-refractivity contribution in [3.8, 4) is 11.8 Å². The van der Waals surface area contributed by atoms with Crippen molar-refractivity contribution in [3.63, 3.8) is 0 Å². The molecular weight excluding hydrogens is 368 g/mol. The van der Waals surface area contributed by atoms with Gasteiger partial charge >= 0.3 is 0 Å². The fourth-order valence-corrected chi connectivity index (χ4v) is 2.84. The van der Waals surface area contributed by atoms with E-state index in [9.17, 15) is 15.9 Å². The maximum Gasteiger partial charge on any atom is 0.293 e. The zero-order valence-electron chi connectivity index (χ0n) is 15.0. The van der Waals surface area contributed by atoms with Crippen LogP contribution in [-0.4, -0.2) is 20.5 Å². The highest BCUT2D eigenvalue weighted by Crippen LogP contribution is 2.27. The third kappa shape index (κ3) is 3.23. The van der Waals surface area contributed by atoms with E-state index < -0.39 is 0 Å². The van der Waals surface area contributed by atoms with Gasteiger partial charge in [0, 0.05) is 5.11 Å². The van der Waals surface area contributed by atoms with E-state index in [-0.39, 0.29) is 22.8 Å². The number of hydrogen-bond donors (Lipinski definition) is 1. The van der Waals surface area contributed by atoms with Crippen LogP contribution in [0.1, 0.15) is 5.69 Å². The average Bonchev–Trinajstić information content (AvgIpc) is 3.38. The molecule has 2 aromatic carbocycles. The Kier molecular flexibility index (Phi) is 4.60. The molecule has 9 heteroatoms. The van der Waals surface area contributed by atoms with E-state index in [1.165, 1.54) is 22.1 Å². The van der Waals surface area contributed by atoms with Gasteiger partial charge in [0.05, 0.1) is 23.8 Å². The molecule has 1 aromatic heterocycles. The summed E-state index contributed by atoms with van der Waals surface area (Å²) in [5.41, 5.74) is 4.56. The van der Waals surface area contributed by atoms with Crippen molar-refractivity contribution in [1.29, 1.82) is 5.26 Å². The molecule has 0 fully saturated rings. The first kappa shape index (κ1) is 17.7. The quantitative estimate of drug-likeness (QED) is 0.322. The molecule has 0 saturated heterocycles. The number of nitrogens with one attached hydrogen (secondary N) is 1. The number of aromatic nitrogens is 2. The van der Waals surface area contributed by atoms with Crippen LogP contribution in [0.3, 0.4) is 0 Å². The Morgan fingerprint density at radius 1 is 1.07 bits per heavy atom. The Balaban J connectivity index is 1.67. The second-order valence-corrected chi connectivity index (χ2v) is 5.90. The standard InChI is InChI=1S/C20H13N8O/c21-11-18-17(13-23-26(18)15-7-3-1-4-8-15)25-28(29)20-14-24-27(19(20)12-22)16-9-5-2-6-10-16/h1-10,13-14,24H/q-1. The maximum absolute atomic E-state index is 12.7. The van der Waals surface area contributed by atoms with Gasteiger partial charge in [0.1, 0.15) is 6.07 Å². The first-order chi connectivity index (χ1) is 14.2. The summed E-state index contributed by atoms with van der Waals surface area (Å²) in [6.45, 7) is 0. The van der Waals surface area contributed by atoms with E-state index in [1.54, 1.807) is 24.3 Å². The molecule has 0 spiro atoms. The van der Waals surface area contributed by atoms with Gasteiger partial charge in [-0.15, -0.1) is 0 Å². The number of hydrogen-bond acceptors (Lipinski definition) is 6. The second kappa shape index (κ2) is 7.52. The van der Waals surface area contributed by atoms with E-state index in [0.717, 1.165) is 0 Å². The molecule has 0 radical (unpaired) electrons. The maximum atomic E-state index is 12.7. The van der Waals surface area contributed by atoms with Crippen molar-refractivity contribution in [2.24, 2.45) is 5.11 Å². The van der Waals surface area contributed by atoms with Gasteiger partial charge in [-0.1, -0.05) is 36.4 Å². The highest BCUT2D eigenvalue weighted by Gasteiger charge is 2.28. The van der Waals surface area contributed by atoms with Crippen molar-refractivity contribution < 1.29 is 4.86 Å². The molecule has 1 aliphatic rings. The Bertz CT molecular complexity index is 1200. The smallest absolute Gasteiger partial charge is 0.293 e. The number of anilines is 1. The predicted molar refractivity (Wildman–Crippen MR) is 106 cm³/mol. The lowest BCUT2D eigenvalue weighted by Crippen LogP contribution is -2.29. The number of hydrazine groups is 1. The molecule has 0 aliphatic carbocycles. The summed E-state index contributed by atoms with van der Waals surface area (Å²) in [4.78, 5) is 0.307. The lowest BCUT2D eigenvalue weighted by molar-refractivity contribution is -0.468. The fourth-order valence-electron chi connectivity index (χ4n) is 2.84. The molecule has 0 saturated carbocycles. The Morgan fingerprint density at radius 2 is 1.72 bits per heavy atom. The van der Waals surface area contributed by atoms with Crippen molar-refractivity contribution in [2.45, 2.75) is 0 Å². The van der Waals surface area contributed by atoms with E-state index in [0.29, 0.717) is 16.2 Å². The number of azo groups is 1. The molecular formula is C20H13N8O-. The van der Waals surface area contributed by atoms with E-state index in [4.69, 9.17) is 0 Å². The first-order valence-electron chi connectivity index (χ1n) is 8.54. The molecule has 0 amide bonds. The SMILES string of the molecule is N#Cc1c(N=[N+]([O-])C2=CNN(c3ccccc3)C2=C=[N-])cnn1-c1ccccc1. The van der Waals surface area contributed by atoms with Crippen LogP contribution in [0.4, 0.5) is 11.4 Å². The van der Waals surface area contributed by atoms with Gasteiger partial charge < -0.3 is 10.6 Å². The summed E-state index contributed by atoms with van der Waals surface area (Å²) in [5, 5.41) is 41.3. The molecule has 4 rings (SSSR count). The highest BCUT2D eigenvalue weighted by atomic mass is 16.5. The molecule has 0 atom stereocenters. The van der Waals surface area contributed by atoms with Gasteiger partial charge in [0.2, 0.25) is 0 Å². The third-order valence-corrected chi connectivity index (χ3v) is 4.18. The summed E-state index contributed by atoms with van der Waals surface area (Å²) in [5.74, 6) is 2.01. The molecule has 1 aliphatic heterocycles. The molecule has 140 valence electrons. The van der Waals surface area contributed by atoms with Crippen LogP contribution in [0.5, 0.6) is 0 Å². The summed E-state index contributed by atoms with van der Waals surface area (Å²) in [6, 6.07) is 20.2. The molecule has 0 unspecified atom stereocenters. The summed E-state index contributed by atoms with van der Waals surface area (Å²) < 4.78 is 1.40. The van der Waals surface area contributed by atoms with Crippen molar-refractivity contribution in [3.05, 3.63) is 101 Å². The van der Waals surface area contributed by atoms with Gasteiger partial charge in [0.15, 0.2) is 17.1 Å². The van der Waals surface area contributed by atoms with Gasteiger partial charge in [-0.25, -0.2) is 15.6 Å². The third-order valence-electron chi connectivity index (χ3n) is 4.18. The predicted octanol–water partition coefficient (Wildman–Crippen LogP) is 3.33. The fraction of sp³-hybridized carbons (Fsp3) is 0. The molecule has 9 nitrogen and oxygen atoms in total. The minimum Gasteiger partial charge on any atom is -0.761 e. The Morgan fingerprint density at radius 3 is 2.34 bits per heavy atom. The van der Waals surface area contributed by atoms with Crippen LogP contribution in [0.15, 0.2) is 89.6 Å². The largest absolute Gasteiger partial charge is 0.761 e. The summed E-state index contributed by atoms with van der Waals surface area (Å²) in [7, 11) is 0. The summed E-state index contributed by atoms with van der Waals surface area (Å²) in [6.07, 6.45) is 2.72. The van der Waals surface area contributed by atoms with E-state index in [2.05, 4.69) is 15.6 Å². The van der Waals surface area contributed by atoms with Crippen LogP contribution in [0.2, 0.25) is 0 Å². The van der Waals surface area contributed by atoms with Crippen molar-refractivity contribution >= 4 is 17.2 Å². The van der Waals surface area contributed by atoms with Crippen LogP contribution >= 0.6 is 0 Å². The van der Waals surface area contributed by atoms with Gasteiger partial charge in [-0.05, 0) is 29.1 Å². The average molecular weight is 381 g/mol. The van der Waals surface area contributed by atoms with E-state index >= 15 is 0 Å². The van der Waals surface area contributed by atoms with Crippen LogP contribution < -0.4 is 10.4 Å². The van der Waals surface area contributed by atoms with Crippen LogP contribution in [0, 0.1) is 16.5 Å². The first-order valence-corrected chi connectivity index (χ1v) is 8.54. The second-order valence-electron chi connectivity index (χ2n) is 5.90. The molecule has 1 N–H and O–H groups in total. The monoisotopic (exact) mass is 381 g/mol. The molecule has 29 heavy (non-hydrogen) atoms. The van der Waals surface area contributed by atoms with Gasteiger partial charge in [-0.3, -0.25) is 5.43 Å². The normalized spacial score (nSPS) is 13.5. The topological polar surface area (TPSA) is 118 Å². The zero-order valence-corrected chi connectivity index (χ0v) is 15.0. The van der Waals surface area contributed by atoms with Crippen molar-refractivity contribution in [1.82, 2.24) is 15.2 Å². The molecule has 0 bridgehead atoms. The minimum atomic E-state index is 0.0210. The number of benzene rings is 2. The van der Waals surface area contributed by atoms with Crippen LogP contribution in [0.25, 0.3) is 11.1 Å². The zero-order chi connectivity index (χ0) is 20.2. The molecule has 2 heterocycles.